The van der Waals surface area contributed by atoms with E-state index in [0.717, 1.165) is 66.0 Å². The highest BCUT2D eigenvalue weighted by Crippen LogP contribution is 2.45. The van der Waals surface area contributed by atoms with Crippen molar-refractivity contribution in [3.63, 3.8) is 0 Å². The molecule has 1 aliphatic rings. The Balaban J connectivity index is 1.76. The molecular formula is C31H37Cl4N3O3S. The predicted octanol–water partition coefficient (Wildman–Crippen LogP) is 9.88. The third kappa shape index (κ3) is 7.25. The van der Waals surface area contributed by atoms with Crippen molar-refractivity contribution in [1.29, 1.82) is 0 Å². The molecule has 0 radical (unpaired) electrons. The summed E-state index contributed by atoms with van der Waals surface area (Å²) in [5.41, 5.74) is 5.30. The molecule has 1 aromatic heterocycles. The quantitative estimate of drug-likeness (QED) is 0.145. The van der Waals surface area contributed by atoms with E-state index in [4.69, 9.17) is 46.4 Å². The summed E-state index contributed by atoms with van der Waals surface area (Å²) in [6.07, 6.45) is 11.5. The van der Waals surface area contributed by atoms with E-state index < -0.39 is 10.1 Å². The lowest BCUT2D eigenvalue weighted by Gasteiger charge is -2.24. The lowest BCUT2D eigenvalue weighted by molar-refractivity contribution is 0.480. The molecule has 3 aromatic rings. The maximum Gasteiger partial charge on any atom is 0.264 e. The second kappa shape index (κ2) is 14.3. The van der Waals surface area contributed by atoms with Gasteiger partial charge in [-0.25, -0.2) is 0 Å². The molecule has 0 bridgehead atoms. The Morgan fingerprint density at radius 3 is 2.07 bits per heavy atom. The van der Waals surface area contributed by atoms with Gasteiger partial charge >= 0.3 is 0 Å². The number of aryl methyl sites for hydroxylation is 2. The number of unbranched alkanes of at least 4 members (excludes halogenated alkanes) is 3. The average molecular weight is 674 g/mol. The Morgan fingerprint density at radius 1 is 0.810 bits per heavy atom. The Morgan fingerprint density at radius 2 is 1.45 bits per heavy atom. The molecule has 2 aromatic carbocycles. The monoisotopic (exact) mass is 671 g/mol. The molecule has 0 atom stereocenters. The van der Waals surface area contributed by atoms with Crippen LogP contribution in [0.15, 0.2) is 42.2 Å². The van der Waals surface area contributed by atoms with Crippen LogP contribution >= 0.6 is 46.4 Å². The zero-order valence-corrected chi connectivity index (χ0v) is 28.0. The minimum Gasteiger partial charge on any atom is -0.341 e. The number of anilines is 2. The summed E-state index contributed by atoms with van der Waals surface area (Å²) in [5.74, 6) is 0.661. The Bertz CT molecular complexity index is 1620. The highest BCUT2D eigenvalue weighted by molar-refractivity contribution is 7.85. The van der Waals surface area contributed by atoms with Crippen molar-refractivity contribution in [2.75, 3.05) is 28.6 Å². The molecule has 0 fully saturated rings. The third-order valence-electron chi connectivity index (χ3n) is 7.60. The van der Waals surface area contributed by atoms with E-state index in [1.54, 1.807) is 0 Å². The van der Waals surface area contributed by atoms with Crippen molar-refractivity contribution < 1.29 is 13.0 Å². The summed E-state index contributed by atoms with van der Waals surface area (Å²) >= 11 is 25.7. The van der Waals surface area contributed by atoms with Crippen LogP contribution in [-0.2, 0) is 23.1 Å². The van der Waals surface area contributed by atoms with E-state index in [2.05, 4.69) is 53.4 Å². The van der Waals surface area contributed by atoms with E-state index in [1.807, 2.05) is 24.3 Å². The topological polar surface area (TPSA) is 65.8 Å². The first-order valence-electron chi connectivity index (χ1n) is 14.4. The van der Waals surface area contributed by atoms with Crippen LogP contribution in [0.3, 0.4) is 0 Å². The smallest absolute Gasteiger partial charge is 0.264 e. The zero-order valence-electron chi connectivity index (χ0n) is 24.1. The Labute approximate surface area is 269 Å². The molecule has 1 aliphatic heterocycles. The molecule has 0 aliphatic carbocycles. The number of nitrogens with zero attached hydrogens (tertiary/aromatic N) is 3. The number of rotatable bonds is 13. The van der Waals surface area contributed by atoms with E-state index in [1.165, 1.54) is 5.56 Å². The van der Waals surface area contributed by atoms with Gasteiger partial charge in [0.2, 0.25) is 0 Å². The van der Waals surface area contributed by atoms with Gasteiger partial charge in [0.25, 0.3) is 10.1 Å². The van der Waals surface area contributed by atoms with Crippen LogP contribution in [0.5, 0.6) is 0 Å². The number of halogens is 4. The fourth-order valence-corrected chi connectivity index (χ4v) is 6.86. The molecule has 42 heavy (non-hydrogen) atoms. The van der Waals surface area contributed by atoms with E-state index in [0.29, 0.717) is 46.0 Å². The van der Waals surface area contributed by atoms with E-state index >= 15 is 0 Å². The van der Waals surface area contributed by atoms with Gasteiger partial charge in [0.1, 0.15) is 5.82 Å². The minimum atomic E-state index is -4.01. The predicted molar refractivity (Wildman–Crippen MR) is 180 cm³/mol. The third-order valence-corrected chi connectivity index (χ3v) is 9.85. The molecule has 228 valence electrons. The first kappa shape index (κ1) is 33.0. The molecule has 0 saturated heterocycles. The maximum absolute atomic E-state index is 11.3. The van der Waals surface area contributed by atoms with Crippen LogP contribution in [0.2, 0.25) is 20.1 Å². The Kier molecular flexibility index (Phi) is 11.2. The van der Waals surface area contributed by atoms with Gasteiger partial charge < -0.3 is 14.4 Å². The maximum atomic E-state index is 11.3. The molecule has 11 heteroatoms. The number of fused-ring (bicyclic) bond motifs is 2. The largest absolute Gasteiger partial charge is 0.341 e. The van der Waals surface area contributed by atoms with Gasteiger partial charge in [0.15, 0.2) is 0 Å². The van der Waals surface area contributed by atoms with Gasteiger partial charge in [-0.1, -0.05) is 72.2 Å². The van der Waals surface area contributed by atoms with Crippen LogP contribution < -0.4 is 9.80 Å². The number of benzene rings is 2. The summed E-state index contributed by atoms with van der Waals surface area (Å²) in [6, 6.07) is 7.66. The van der Waals surface area contributed by atoms with Crippen LogP contribution in [0.1, 0.15) is 64.1 Å². The SMILES string of the molecule is CCCCCc1c(/C=C/C=C2/N(CC)c3cc(Cl)c(Cl)cc3N2CCCCS(=O)(=O)O)n(CC)c2cc(Cl)c(Cl)cc12. The fraction of sp³-hybridized carbons (Fsp3) is 0.419. The highest BCUT2D eigenvalue weighted by Gasteiger charge is 2.31. The summed E-state index contributed by atoms with van der Waals surface area (Å²) in [5, 5.41) is 3.14. The highest BCUT2D eigenvalue weighted by atomic mass is 35.5. The van der Waals surface area contributed by atoms with Gasteiger partial charge in [-0.15, -0.1) is 0 Å². The molecule has 0 unspecified atom stereocenters. The summed E-state index contributed by atoms with van der Waals surface area (Å²) in [6.45, 7) is 8.42. The van der Waals surface area contributed by atoms with Crippen molar-refractivity contribution in [2.24, 2.45) is 0 Å². The van der Waals surface area contributed by atoms with Gasteiger partial charge in [0, 0.05) is 30.7 Å². The molecule has 1 N–H and O–H groups in total. The van der Waals surface area contributed by atoms with Crippen molar-refractivity contribution in [3.8, 4) is 0 Å². The molecule has 0 spiro atoms. The summed E-state index contributed by atoms with van der Waals surface area (Å²) in [4.78, 5) is 4.30. The van der Waals surface area contributed by atoms with Crippen LogP contribution in [0.4, 0.5) is 11.4 Å². The first-order chi connectivity index (χ1) is 20.0. The molecule has 0 saturated carbocycles. The summed E-state index contributed by atoms with van der Waals surface area (Å²) in [7, 11) is -4.01. The molecule has 4 rings (SSSR count). The van der Waals surface area contributed by atoms with Crippen LogP contribution in [0.25, 0.3) is 17.0 Å². The van der Waals surface area contributed by atoms with Gasteiger partial charge in [-0.05, 0) is 81.5 Å². The number of hydrogen-bond acceptors (Lipinski definition) is 4. The molecular weight excluding hydrogens is 636 g/mol. The first-order valence-corrected chi connectivity index (χ1v) is 17.5. The molecule has 6 nitrogen and oxygen atoms in total. The fourth-order valence-electron chi connectivity index (χ4n) is 5.66. The molecule has 2 heterocycles. The second-order valence-corrected chi connectivity index (χ2v) is 13.6. The van der Waals surface area contributed by atoms with Crippen LogP contribution in [0, 0.1) is 0 Å². The van der Waals surface area contributed by atoms with Gasteiger partial charge in [0.05, 0.1) is 42.7 Å². The number of allylic oxidation sites excluding steroid dienone is 2. The number of aromatic nitrogens is 1. The van der Waals surface area contributed by atoms with Crippen LogP contribution in [-0.4, -0.2) is 36.4 Å². The minimum absolute atomic E-state index is 0.276. The van der Waals surface area contributed by atoms with Gasteiger partial charge in [-0.3, -0.25) is 4.55 Å². The van der Waals surface area contributed by atoms with E-state index in [9.17, 15) is 13.0 Å². The summed E-state index contributed by atoms with van der Waals surface area (Å²) < 4.78 is 34.0. The van der Waals surface area contributed by atoms with Crippen molar-refractivity contribution in [1.82, 2.24) is 4.57 Å². The van der Waals surface area contributed by atoms with Crippen molar-refractivity contribution >= 4 is 84.9 Å². The normalized spacial score (nSPS) is 14.7. The Hall–Kier alpha value is -1.87. The zero-order chi connectivity index (χ0) is 30.6. The van der Waals surface area contributed by atoms with Crippen molar-refractivity contribution in [3.05, 3.63) is 73.6 Å². The van der Waals surface area contributed by atoms with E-state index in [-0.39, 0.29) is 5.75 Å². The van der Waals surface area contributed by atoms with Gasteiger partial charge in [-0.2, -0.15) is 8.42 Å². The number of hydrogen-bond donors (Lipinski definition) is 1. The van der Waals surface area contributed by atoms with Crippen molar-refractivity contribution in [2.45, 2.75) is 65.8 Å². The molecule has 0 amide bonds. The average Bonchev–Trinajstić information content (AvgIpc) is 3.37. The standard InChI is InChI=1S/C31H37Cl4N3O3S/c1-4-7-8-12-21-22-17-23(32)24(33)18-28(22)36(5-2)27(21)13-11-14-31-37(6-3)29-19-25(34)26(35)20-30(29)38(31)15-9-10-16-42(39,40)41/h11,13-14,17-20H,4-10,12,15-16H2,1-3H3,(H,39,40,41)/b13-11+,31-14-. The second-order valence-electron chi connectivity index (χ2n) is 10.4. The lowest BCUT2D eigenvalue weighted by Crippen LogP contribution is -2.29. The lowest BCUT2D eigenvalue weighted by atomic mass is 10.0.